The van der Waals surface area contributed by atoms with Crippen molar-refractivity contribution in [1.29, 1.82) is 0 Å². The molecule has 2 aromatic heterocycles. The Balaban J connectivity index is 2.25. The van der Waals surface area contributed by atoms with Gasteiger partial charge in [-0.3, -0.25) is 19.1 Å². The predicted octanol–water partition coefficient (Wildman–Crippen LogP) is -3.33. The Bertz CT molecular complexity index is 832. The number of nitrogens with zero attached hydrogens (tertiary/aromatic N) is 3. The van der Waals surface area contributed by atoms with Crippen molar-refractivity contribution in [2.45, 2.75) is 24.5 Å². The van der Waals surface area contributed by atoms with Gasteiger partial charge in [-0.05, 0) is 0 Å². The maximum absolute atomic E-state index is 12.1. The Morgan fingerprint density at radius 1 is 1.36 bits per heavy atom. The third kappa shape index (κ3) is 2.07. The number of hydrogen-bond acceptors (Lipinski definition) is 9. The Labute approximate surface area is 121 Å². The van der Waals surface area contributed by atoms with Gasteiger partial charge in [0.05, 0.1) is 12.8 Å². The Morgan fingerprint density at radius 2 is 2.09 bits per heavy atom. The zero-order valence-corrected chi connectivity index (χ0v) is 11.1. The first-order valence-electron chi connectivity index (χ1n) is 6.33. The van der Waals surface area contributed by atoms with Crippen molar-refractivity contribution >= 4 is 17.1 Å². The molecule has 22 heavy (non-hydrogen) atoms. The van der Waals surface area contributed by atoms with Gasteiger partial charge in [0.25, 0.3) is 11.1 Å². The third-order valence-corrected chi connectivity index (χ3v) is 3.44. The average molecular weight is 311 g/mol. The number of rotatable bonds is 2. The van der Waals surface area contributed by atoms with Crippen molar-refractivity contribution < 1.29 is 20.1 Å². The van der Waals surface area contributed by atoms with E-state index in [-0.39, 0.29) is 17.1 Å². The number of nitrogens with two attached hydrogens (primary N) is 1. The minimum atomic E-state index is -1.50. The van der Waals surface area contributed by atoms with Crippen LogP contribution in [-0.4, -0.2) is 59.8 Å². The summed E-state index contributed by atoms with van der Waals surface area (Å²) in [6, 6.07) is 0. The van der Waals surface area contributed by atoms with E-state index in [1.807, 2.05) is 0 Å². The third-order valence-electron chi connectivity index (χ3n) is 3.44. The fourth-order valence-electron chi connectivity index (χ4n) is 2.38. The Kier molecular flexibility index (Phi) is 3.41. The molecular weight excluding hydrogens is 298 g/mol. The molecule has 0 spiro atoms. The van der Waals surface area contributed by atoms with Gasteiger partial charge < -0.3 is 25.8 Å². The van der Waals surface area contributed by atoms with Crippen LogP contribution in [0.2, 0.25) is 0 Å². The number of nitrogens with one attached hydrogen (secondary N) is 1. The second-order valence-corrected chi connectivity index (χ2v) is 4.82. The monoisotopic (exact) mass is 311 g/mol. The van der Waals surface area contributed by atoms with E-state index >= 15 is 0 Å². The van der Waals surface area contributed by atoms with Crippen LogP contribution < -0.4 is 16.9 Å². The first-order valence-corrected chi connectivity index (χ1v) is 6.33. The lowest BCUT2D eigenvalue weighted by atomic mass is 10.1. The molecule has 3 rings (SSSR count). The van der Waals surface area contributed by atoms with Crippen LogP contribution in [0.5, 0.6) is 0 Å². The lowest BCUT2D eigenvalue weighted by Gasteiger charge is -2.18. The number of hydrogen-bond donors (Lipinski definition) is 5. The van der Waals surface area contributed by atoms with Gasteiger partial charge >= 0.3 is 0 Å². The van der Waals surface area contributed by atoms with E-state index in [9.17, 15) is 19.8 Å². The van der Waals surface area contributed by atoms with Crippen molar-refractivity contribution in [2.24, 2.45) is 0 Å². The number of fused-ring (bicyclic) bond motifs is 1. The highest BCUT2D eigenvalue weighted by Crippen LogP contribution is 2.29. The van der Waals surface area contributed by atoms with Crippen LogP contribution in [0.3, 0.4) is 0 Å². The normalized spacial score (nSPS) is 28.3. The zero-order valence-electron chi connectivity index (χ0n) is 11.1. The minimum Gasteiger partial charge on any atom is -0.394 e. The molecule has 11 nitrogen and oxygen atoms in total. The highest BCUT2D eigenvalue weighted by molar-refractivity contribution is 5.69. The molecule has 3 heterocycles. The van der Waals surface area contributed by atoms with E-state index in [0.29, 0.717) is 0 Å². The second-order valence-electron chi connectivity index (χ2n) is 4.82. The number of aromatic amines is 1. The number of aromatic nitrogens is 4. The lowest BCUT2D eigenvalue weighted by molar-refractivity contribution is -0.0525. The first-order chi connectivity index (χ1) is 10.4. The van der Waals surface area contributed by atoms with Gasteiger partial charge in [0, 0.05) is 0 Å². The molecule has 6 N–H and O–H groups in total. The van der Waals surface area contributed by atoms with Crippen LogP contribution in [0.25, 0.3) is 11.2 Å². The summed E-state index contributed by atoms with van der Waals surface area (Å²) in [6.07, 6.45) is -4.44. The molecule has 4 unspecified atom stereocenters. The van der Waals surface area contributed by atoms with E-state index in [1.165, 1.54) is 0 Å². The van der Waals surface area contributed by atoms with Gasteiger partial charge in [0.15, 0.2) is 17.4 Å². The molecule has 11 heteroatoms. The molecule has 0 aromatic carbocycles. The van der Waals surface area contributed by atoms with Gasteiger partial charge in [-0.2, -0.15) is 4.98 Å². The van der Waals surface area contributed by atoms with Crippen LogP contribution in [0.1, 0.15) is 6.23 Å². The molecule has 2 aromatic rings. The summed E-state index contributed by atoms with van der Waals surface area (Å²) in [6.45, 7) is -0.553. The maximum atomic E-state index is 12.1. The van der Waals surface area contributed by atoms with Gasteiger partial charge in [-0.25, -0.2) is 4.98 Å². The standard InChI is InChI=1S/C11H13N5O6/c12-11-14-8-5(9(21)15-11)13-1-4(18)16(8)10-7(20)6(19)3(2-17)22-10/h1,3,6-7,10,17,19-20H,2H2,(H3,12,14,15,21). The summed E-state index contributed by atoms with van der Waals surface area (Å²) in [5.74, 6) is -0.245. The van der Waals surface area contributed by atoms with Crippen molar-refractivity contribution in [3.63, 3.8) is 0 Å². The van der Waals surface area contributed by atoms with Gasteiger partial charge in [-0.15, -0.1) is 0 Å². The van der Waals surface area contributed by atoms with Crippen LogP contribution in [0.4, 0.5) is 5.95 Å². The lowest BCUT2D eigenvalue weighted by Crippen LogP contribution is -2.36. The summed E-state index contributed by atoms with van der Waals surface area (Å²) in [5.41, 5.74) is 3.72. The number of ether oxygens (including phenoxy) is 1. The fourth-order valence-corrected chi connectivity index (χ4v) is 2.38. The van der Waals surface area contributed by atoms with E-state index < -0.39 is 42.3 Å². The number of H-pyrrole nitrogens is 1. The van der Waals surface area contributed by atoms with Crippen LogP contribution >= 0.6 is 0 Å². The summed E-state index contributed by atoms with van der Waals surface area (Å²) >= 11 is 0. The van der Waals surface area contributed by atoms with Gasteiger partial charge in [0.1, 0.15) is 18.3 Å². The highest BCUT2D eigenvalue weighted by Gasteiger charge is 2.44. The summed E-state index contributed by atoms with van der Waals surface area (Å²) in [5, 5.41) is 28.9. The van der Waals surface area contributed by atoms with Crippen molar-refractivity contribution in [1.82, 2.24) is 19.5 Å². The van der Waals surface area contributed by atoms with E-state index in [1.54, 1.807) is 0 Å². The van der Waals surface area contributed by atoms with Crippen molar-refractivity contribution in [3.05, 3.63) is 26.9 Å². The minimum absolute atomic E-state index is 0.175. The molecule has 0 radical (unpaired) electrons. The first kappa shape index (κ1) is 14.6. The molecule has 1 saturated heterocycles. The molecular formula is C11H13N5O6. The van der Waals surface area contributed by atoms with Crippen LogP contribution in [0, 0.1) is 0 Å². The number of nitrogen functional groups attached to an aromatic ring is 1. The SMILES string of the molecule is Nc1nc2c(ncc(=O)n2C2OC(CO)C(O)C2O)c(=O)[nH]1. The second kappa shape index (κ2) is 5.14. The summed E-state index contributed by atoms with van der Waals surface area (Å²) in [4.78, 5) is 33.6. The van der Waals surface area contributed by atoms with Gasteiger partial charge in [-0.1, -0.05) is 0 Å². The molecule has 1 aliphatic rings. The van der Waals surface area contributed by atoms with E-state index in [2.05, 4.69) is 15.0 Å². The predicted molar refractivity (Wildman–Crippen MR) is 71.8 cm³/mol. The van der Waals surface area contributed by atoms with Crippen LogP contribution in [-0.2, 0) is 4.74 Å². The van der Waals surface area contributed by atoms with Crippen molar-refractivity contribution in [2.75, 3.05) is 12.3 Å². The summed E-state index contributed by atoms with van der Waals surface area (Å²) in [7, 11) is 0. The molecule has 0 aliphatic carbocycles. The fraction of sp³-hybridized carbons (Fsp3) is 0.455. The zero-order chi connectivity index (χ0) is 16.0. The molecule has 1 fully saturated rings. The average Bonchev–Trinajstić information content (AvgIpc) is 2.74. The van der Waals surface area contributed by atoms with Crippen molar-refractivity contribution in [3.8, 4) is 0 Å². The molecule has 0 amide bonds. The smallest absolute Gasteiger partial charge is 0.280 e. The summed E-state index contributed by atoms with van der Waals surface area (Å²) < 4.78 is 6.15. The van der Waals surface area contributed by atoms with E-state index in [0.717, 1.165) is 10.8 Å². The Hall–Kier alpha value is -2.34. The van der Waals surface area contributed by atoms with Crippen LogP contribution in [0.15, 0.2) is 15.8 Å². The molecule has 1 aliphatic heterocycles. The maximum Gasteiger partial charge on any atom is 0.280 e. The number of anilines is 1. The Morgan fingerprint density at radius 3 is 2.73 bits per heavy atom. The molecule has 4 atom stereocenters. The molecule has 0 saturated carbocycles. The topological polar surface area (TPSA) is 177 Å². The largest absolute Gasteiger partial charge is 0.394 e. The van der Waals surface area contributed by atoms with Gasteiger partial charge in [0.2, 0.25) is 5.95 Å². The molecule has 118 valence electrons. The quantitative estimate of drug-likeness (QED) is 0.379. The highest BCUT2D eigenvalue weighted by atomic mass is 16.6. The van der Waals surface area contributed by atoms with E-state index in [4.69, 9.17) is 15.6 Å². The molecule has 0 bridgehead atoms. The number of aliphatic hydroxyl groups is 3. The number of aliphatic hydroxyl groups excluding tert-OH is 3.